The number of fused-ring (bicyclic) bond motifs is 3. The lowest BCUT2D eigenvalue weighted by Crippen LogP contribution is -2.51. The van der Waals surface area contributed by atoms with Gasteiger partial charge in [0.1, 0.15) is 6.10 Å². The van der Waals surface area contributed by atoms with Crippen molar-refractivity contribution in [2.45, 2.75) is 25.0 Å². The van der Waals surface area contributed by atoms with Gasteiger partial charge in [0.05, 0.1) is 24.5 Å². The average Bonchev–Trinajstić information content (AvgIpc) is 2.75. The minimum absolute atomic E-state index is 0.0630. The molecule has 0 spiro atoms. The van der Waals surface area contributed by atoms with Gasteiger partial charge in [-0.2, -0.15) is 0 Å². The highest BCUT2D eigenvalue weighted by molar-refractivity contribution is 5.60. The molecule has 148 valence electrons. The Balaban J connectivity index is 1.59. The quantitative estimate of drug-likeness (QED) is 0.671. The molecule has 2 aliphatic rings. The van der Waals surface area contributed by atoms with Gasteiger partial charge in [0.15, 0.2) is 5.82 Å². The first kappa shape index (κ1) is 18.0. The molecule has 0 N–H and O–H groups in total. The van der Waals surface area contributed by atoms with Crippen molar-refractivity contribution in [2.24, 2.45) is 7.05 Å². The molecule has 1 aliphatic carbocycles. The van der Waals surface area contributed by atoms with Crippen LogP contribution < -0.4 is 10.5 Å². The number of aromatic nitrogens is 3. The Morgan fingerprint density at radius 2 is 2.10 bits per heavy atom. The molecule has 3 heterocycles. The molecular weight excluding hydrogens is 371 g/mol. The topological polar surface area (TPSA) is 60.2 Å². The molecule has 29 heavy (non-hydrogen) atoms. The van der Waals surface area contributed by atoms with Crippen LogP contribution in [0.15, 0.2) is 53.6 Å². The third-order valence-electron chi connectivity index (χ3n) is 5.87. The van der Waals surface area contributed by atoms with E-state index in [-0.39, 0.29) is 23.3 Å². The van der Waals surface area contributed by atoms with Gasteiger partial charge in [-0.25, -0.2) is 9.37 Å². The van der Waals surface area contributed by atoms with Crippen LogP contribution >= 0.6 is 0 Å². The maximum atomic E-state index is 14.3. The Bertz CT molecular complexity index is 1130. The molecule has 6 nitrogen and oxygen atoms in total. The van der Waals surface area contributed by atoms with Gasteiger partial charge in [-0.3, -0.25) is 14.3 Å². The first-order chi connectivity index (χ1) is 14.1. The summed E-state index contributed by atoms with van der Waals surface area (Å²) in [6, 6.07) is 11.3. The Morgan fingerprint density at radius 1 is 1.24 bits per heavy atom. The average molecular weight is 392 g/mol. The SMILES string of the molecule is Cn1c(N2CCOC3c4ccccc4CCC32)nc(-c2ccncc2F)cc1=O. The van der Waals surface area contributed by atoms with E-state index in [4.69, 9.17) is 9.72 Å². The molecule has 1 aromatic carbocycles. The minimum atomic E-state index is -0.495. The predicted octanol–water partition coefficient (Wildman–Crippen LogP) is 2.87. The van der Waals surface area contributed by atoms with E-state index in [9.17, 15) is 9.18 Å². The highest BCUT2D eigenvalue weighted by Gasteiger charge is 2.38. The Kier molecular flexibility index (Phi) is 4.39. The zero-order chi connectivity index (χ0) is 20.0. The second-order valence-corrected chi connectivity index (χ2v) is 7.48. The molecule has 2 atom stereocenters. The van der Waals surface area contributed by atoms with Gasteiger partial charge in [-0.15, -0.1) is 0 Å². The summed E-state index contributed by atoms with van der Waals surface area (Å²) < 4.78 is 21.9. The number of aryl methyl sites for hydroxylation is 1. The second kappa shape index (κ2) is 7.08. The largest absolute Gasteiger partial charge is 0.370 e. The summed E-state index contributed by atoms with van der Waals surface area (Å²) in [4.78, 5) is 23.3. The van der Waals surface area contributed by atoms with Crippen LogP contribution in [0.2, 0.25) is 0 Å². The molecule has 0 saturated carbocycles. The zero-order valence-corrected chi connectivity index (χ0v) is 16.1. The molecule has 7 heteroatoms. The van der Waals surface area contributed by atoms with Crippen LogP contribution in [0, 0.1) is 5.82 Å². The highest BCUT2D eigenvalue weighted by Crippen LogP contribution is 2.39. The number of anilines is 1. The van der Waals surface area contributed by atoms with Gasteiger partial charge >= 0.3 is 0 Å². The summed E-state index contributed by atoms with van der Waals surface area (Å²) in [5.41, 5.74) is 2.89. The van der Waals surface area contributed by atoms with E-state index in [1.807, 2.05) is 6.07 Å². The molecular formula is C22H21FN4O2. The number of nitrogens with zero attached hydrogens (tertiary/aromatic N) is 4. The van der Waals surface area contributed by atoms with Crippen LogP contribution in [-0.4, -0.2) is 33.7 Å². The smallest absolute Gasteiger partial charge is 0.255 e. The standard InChI is InChI=1S/C22H21FN4O2/c1-26-20(28)12-18(16-8-9-24-13-17(16)23)25-22(26)27-10-11-29-21-15-5-3-2-4-14(15)6-7-19(21)27/h2-5,8-9,12-13,19,21H,6-7,10-11H2,1H3. The van der Waals surface area contributed by atoms with E-state index >= 15 is 0 Å². The van der Waals surface area contributed by atoms with Crippen molar-refractivity contribution in [1.82, 2.24) is 14.5 Å². The van der Waals surface area contributed by atoms with Crippen molar-refractivity contribution in [3.8, 4) is 11.3 Å². The highest BCUT2D eigenvalue weighted by atomic mass is 19.1. The molecule has 3 aromatic rings. The molecule has 2 aromatic heterocycles. The Hall–Kier alpha value is -3.06. The van der Waals surface area contributed by atoms with E-state index in [2.05, 4.69) is 28.1 Å². The number of hydrogen-bond donors (Lipinski definition) is 0. The van der Waals surface area contributed by atoms with Crippen LogP contribution in [0.25, 0.3) is 11.3 Å². The van der Waals surface area contributed by atoms with Crippen molar-refractivity contribution in [3.05, 3.63) is 76.1 Å². The number of benzene rings is 1. The number of ether oxygens (including phenoxy) is 1. The molecule has 0 bridgehead atoms. The maximum absolute atomic E-state index is 14.3. The van der Waals surface area contributed by atoms with E-state index in [1.54, 1.807) is 13.1 Å². The third-order valence-corrected chi connectivity index (χ3v) is 5.87. The van der Waals surface area contributed by atoms with Crippen LogP contribution in [-0.2, 0) is 18.2 Å². The summed E-state index contributed by atoms with van der Waals surface area (Å²) in [5.74, 6) is 0.0482. The fraction of sp³-hybridized carbons (Fsp3) is 0.318. The van der Waals surface area contributed by atoms with Crippen LogP contribution in [0.3, 0.4) is 0 Å². The second-order valence-electron chi connectivity index (χ2n) is 7.48. The van der Waals surface area contributed by atoms with E-state index in [1.165, 1.54) is 28.0 Å². The summed E-state index contributed by atoms with van der Waals surface area (Å²) in [7, 11) is 1.71. The number of morpholine rings is 1. The predicted molar refractivity (Wildman–Crippen MR) is 107 cm³/mol. The molecule has 1 saturated heterocycles. The van der Waals surface area contributed by atoms with Crippen LogP contribution in [0.4, 0.5) is 10.3 Å². The summed E-state index contributed by atoms with van der Waals surface area (Å²) in [6.45, 7) is 1.17. The monoisotopic (exact) mass is 392 g/mol. The number of rotatable bonds is 2. The molecule has 5 rings (SSSR count). The minimum Gasteiger partial charge on any atom is -0.370 e. The maximum Gasteiger partial charge on any atom is 0.255 e. The van der Waals surface area contributed by atoms with E-state index < -0.39 is 5.82 Å². The van der Waals surface area contributed by atoms with Crippen molar-refractivity contribution in [1.29, 1.82) is 0 Å². The summed E-state index contributed by atoms with van der Waals surface area (Å²) in [5, 5.41) is 0. The van der Waals surface area contributed by atoms with Crippen LogP contribution in [0.5, 0.6) is 0 Å². The van der Waals surface area contributed by atoms with Crippen molar-refractivity contribution in [3.63, 3.8) is 0 Å². The fourth-order valence-electron chi connectivity index (χ4n) is 4.42. The molecule has 2 unspecified atom stereocenters. The lowest BCUT2D eigenvalue weighted by Gasteiger charge is -2.45. The molecule has 1 fully saturated rings. The van der Waals surface area contributed by atoms with Crippen molar-refractivity contribution < 1.29 is 9.13 Å². The van der Waals surface area contributed by atoms with Gasteiger partial charge in [0, 0.05) is 31.4 Å². The van der Waals surface area contributed by atoms with Gasteiger partial charge < -0.3 is 9.64 Å². The number of hydrogen-bond acceptors (Lipinski definition) is 5. The van der Waals surface area contributed by atoms with Crippen LogP contribution in [0.1, 0.15) is 23.7 Å². The van der Waals surface area contributed by atoms with Gasteiger partial charge in [-0.05, 0) is 30.0 Å². The Labute approximate surface area is 167 Å². The first-order valence-electron chi connectivity index (χ1n) is 9.77. The van der Waals surface area contributed by atoms with Crippen molar-refractivity contribution >= 4 is 5.95 Å². The molecule has 0 radical (unpaired) electrons. The normalized spacial score (nSPS) is 20.8. The summed E-state index contributed by atoms with van der Waals surface area (Å²) in [6.07, 6.45) is 4.43. The van der Waals surface area contributed by atoms with Gasteiger partial charge in [0.25, 0.3) is 5.56 Å². The third kappa shape index (κ3) is 3.02. The van der Waals surface area contributed by atoms with E-state index in [0.29, 0.717) is 24.8 Å². The van der Waals surface area contributed by atoms with Gasteiger partial charge in [0.2, 0.25) is 5.95 Å². The van der Waals surface area contributed by atoms with E-state index in [0.717, 1.165) is 19.0 Å². The lowest BCUT2D eigenvalue weighted by atomic mass is 9.84. The molecule has 0 amide bonds. The molecule has 1 aliphatic heterocycles. The first-order valence-corrected chi connectivity index (χ1v) is 9.77. The zero-order valence-electron chi connectivity index (χ0n) is 16.1. The van der Waals surface area contributed by atoms with Crippen molar-refractivity contribution in [2.75, 3.05) is 18.1 Å². The van der Waals surface area contributed by atoms with Gasteiger partial charge in [-0.1, -0.05) is 24.3 Å². The number of pyridine rings is 1. The Morgan fingerprint density at radius 3 is 2.97 bits per heavy atom. The number of halogens is 1. The summed E-state index contributed by atoms with van der Waals surface area (Å²) >= 11 is 0. The lowest BCUT2D eigenvalue weighted by molar-refractivity contribution is 0.00176. The fourth-order valence-corrected chi connectivity index (χ4v) is 4.42.